The number of amides is 1. The average molecular weight is 388 g/mol. The van der Waals surface area contributed by atoms with E-state index in [0.29, 0.717) is 5.13 Å². The van der Waals surface area contributed by atoms with Crippen molar-refractivity contribution in [2.24, 2.45) is 0 Å². The number of nitrogens with one attached hydrogen (secondary N) is 1. The van der Waals surface area contributed by atoms with E-state index in [2.05, 4.69) is 32.3 Å². The molecule has 2 aromatic rings. The van der Waals surface area contributed by atoms with Crippen LogP contribution in [0.2, 0.25) is 0 Å². The molecule has 1 atom stereocenters. The third kappa shape index (κ3) is 4.35. The minimum absolute atomic E-state index is 0.0260. The van der Waals surface area contributed by atoms with Crippen molar-refractivity contribution in [3.8, 4) is 0 Å². The lowest BCUT2D eigenvalue weighted by Crippen LogP contribution is -2.39. The maximum atomic E-state index is 12.3. The minimum atomic E-state index is -0.213. The van der Waals surface area contributed by atoms with Gasteiger partial charge in [0.05, 0.1) is 15.5 Å². The van der Waals surface area contributed by atoms with E-state index in [-0.39, 0.29) is 11.9 Å². The second-order valence-electron chi connectivity index (χ2n) is 4.95. The largest absolute Gasteiger partial charge is 0.301 e. The molecule has 0 aliphatic carbocycles. The maximum Gasteiger partial charge on any atom is 0.243 e. The predicted octanol–water partition coefficient (Wildman–Crippen LogP) is 4.04. The normalized spacial score (nSPS) is 12.7. The van der Waals surface area contributed by atoms with Crippen molar-refractivity contribution in [1.29, 1.82) is 0 Å². The van der Waals surface area contributed by atoms with E-state index in [1.165, 1.54) is 16.2 Å². The first-order chi connectivity index (χ1) is 9.86. The molecular formula is C14H18BrN3OS2. The Labute approximate surface area is 141 Å². The molecule has 0 aromatic carbocycles. The third-order valence-electron chi connectivity index (χ3n) is 3.33. The van der Waals surface area contributed by atoms with Crippen molar-refractivity contribution in [2.45, 2.75) is 33.4 Å². The van der Waals surface area contributed by atoms with Crippen LogP contribution in [0.5, 0.6) is 0 Å². The summed E-state index contributed by atoms with van der Waals surface area (Å²) in [5.41, 5.74) is 0.972. The van der Waals surface area contributed by atoms with Gasteiger partial charge in [-0.3, -0.25) is 9.69 Å². The van der Waals surface area contributed by atoms with Crippen molar-refractivity contribution in [3.63, 3.8) is 0 Å². The van der Waals surface area contributed by atoms with Crippen LogP contribution >= 0.6 is 38.6 Å². The fourth-order valence-electron chi connectivity index (χ4n) is 1.76. The van der Waals surface area contributed by atoms with E-state index < -0.39 is 0 Å². The Morgan fingerprint density at radius 1 is 1.43 bits per heavy atom. The van der Waals surface area contributed by atoms with Crippen LogP contribution < -0.4 is 5.32 Å². The average Bonchev–Trinajstić information content (AvgIpc) is 2.95. The van der Waals surface area contributed by atoms with Crippen molar-refractivity contribution in [2.75, 3.05) is 12.4 Å². The number of anilines is 1. The van der Waals surface area contributed by atoms with Crippen LogP contribution in [0, 0.1) is 13.8 Å². The molecule has 1 unspecified atom stereocenters. The van der Waals surface area contributed by atoms with Gasteiger partial charge in [-0.05, 0) is 55.9 Å². The molecule has 4 nitrogen and oxygen atoms in total. The van der Waals surface area contributed by atoms with E-state index in [1.54, 1.807) is 11.3 Å². The maximum absolute atomic E-state index is 12.3. The molecule has 2 aromatic heterocycles. The molecule has 0 saturated carbocycles. The molecule has 2 heterocycles. The number of carbonyl (C=O) groups is 1. The number of hydrogen-bond acceptors (Lipinski definition) is 5. The monoisotopic (exact) mass is 387 g/mol. The second-order valence-corrected chi connectivity index (χ2v) is 8.70. The number of thiophene rings is 1. The standard InChI is InChI=1S/C14H18BrN3OS2/c1-8-10(3)20-14(16-8)17-13(19)9(2)18(4)7-11-5-6-12(15)21-11/h5-6,9H,7H2,1-4H3,(H,16,17,19). The van der Waals surface area contributed by atoms with Crippen LogP contribution in [-0.2, 0) is 11.3 Å². The number of nitrogens with zero attached hydrogens (tertiary/aromatic N) is 2. The van der Waals surface area contributed by atoms with Crippen LogP contribution in [-0.4, -0.2) is 28.9 Å². The molecule has 21 heavy (non-hydrogen) atoms. The van der Waals surface area contributed by atoms with E-state index in [1.807, 2.05) is 38.8 Å². The summed E-state index contributed by atoms with van der Waals surface area (Å²) in [5, 5.41) is 3.57. The Hall–Kier alpha value is -0.760. The molecule has 0 aliphatic heterocycles. The van der Waals surface area contributed by atoms with Crippen molar-refractivity contribution < 1.29 is 4.79 Å². The Balaban J connectivity index is 1.94. The number of halogens is 1. The molecule has 1 N–H and O–H groups in total. The number of carbonyl (C=O) groups excluding carboxylic acids is 1. The van der Waals surface area contributed by atoms with Gasteiger partial charge in [-0.15, -0.1) is 22.7 Å². The third-order valence-corrected chi connectivity index (χ3v) is 5.93. The smallest absolute Gasteiger partial charge is 0.243 e. The predicted molar refractivity (Wildman–Crippen MR) is 93.2 cm³/mol. The highest BCUT2D eigenvalue weighted by Crippen LogP contribution is 2.24. The molecule has 0 saturated heterocycles. The molecule has 0 bridgehead atoms. The number of likely N-dealkylation sites (N-methyl/N-ethyl adjacent to an activating group) is 1. The van der Waals surface area contributed by atoms with Gasteiger partial charge < -0.3 is 5.32 Å². The highest BCUT2D eigenvalue weighted by molar-refractivity contribution is 9.11. The molecule has 1 amide bonds. The number of hydrogen-bond donors (Lipinski definition) is 1. The first kappa shape index (κ1) is 16.6. The van der Waals surface area contributed by atoms with Crippen molar-refractivity contribution in [3.05, 3.63) is 31.4 Å². The van der Waals surface area contributed by atoms with E-state index in [0.717, 1.165) is 20.9 Å². The number of thiazole rings is 1. The summed E-state index contributed by atoms with van der Waals surface area (Å²) in [7, 11) is 1.95. The summed E-state index contributed by atoms with van der Waals surface area (Å²) in [6, 6.07) is 3.89. The van der Waals surface area contributed by atoms with E-state index >= 15 is 0 Å². The molecule has 0 fully saturated rings. The summed E-state index contributed by atoms with van der Waals surface area (Å²) < 4.78 is 1.11. The van der Waals surface area contributed by atoms with Crippen molar-refractivity contribution in [1.82, 2.24) is 9.88 Å². The molecule has 0 aliphatic rings. The van der Waals surface area contributed by atoms with Gasteiger partial charge in [0.25, 0.3) is 0 Å². The summed E-state index contributed by atoms with van der Waals surface area (Å²) in [5.74, 6) is -0.0260. The SMILES string of the molecule is Cc1nc(NC(=O)C(C)N(C)Cc2ccc(Br)s2)sc1C. The van der Waals surface area contributed by atoms with E-state index in [4.69, 9.17) is 0 Å². The second kappa shape index (κ2) is 7.00. The highest BCUT2D eigenvalue weighted by atomic mass is 79.9. The highest BCUT2D eigenvalue weighted by Gasteiger charge is 2.20. The van der Waals surface area contributed by atoms with Gasteiger partial charge in [0.1, 0.15) is 0 Å². The van der Waals surface area contributed by atoms with Crippen LogP contribution in [0.25, 0.3) is 0 Å². The Morgan fingerprint density at radius 2 is 2.14 bits per heavy atom. The fourth-order valence-corrected chi connectivity index (χ4v) is 4.12. The topological polar surface area (TPSA) is 45.2 Å². The molecule has 2 rings (SSSR count). The lowest BCUT2D eigenvalue weighted by atomic mass is 10.2. The quantitative estimate of drug-likeness (QED) is 0.841. The molecule has 7 heteroatoms. The summed E-state index contributed by atoms with van der Waals surface area (Å²) in [6.07, 6.45) is 0. The Bertz CT molecular complexity index is 618. The van der Waals surface area contributed by atoms with Gasteiger partial charge >= 0.3 is 0 Å². The Morgan fingerprint density at radius 3 is 2.67 bits per heavy atom. The zero-order valence-corrected chi connectivity index (χ0v) is 15.7. The fraction of sp³-hybridized carbons (Fsp3) is 0.429. The van der Waals surface area contributed by atoms with Crippen LogP contribution in [0.15, 0.2) is 15.9 Å². The van der Waals surface area contributed by atoms with Gasteiger partial charge in [-0.25, -0.2) is 4.98 Å². The first-order valence-electron chi connectivity index (χ1n) is 6.56. The molecular weight excluding hydrogens is 370 g/mol. The zero-order valence-electron chi connectivity index (χ0n) is 12.4. The zero-order chi connectivity index (χ0) is 15.6. The van der Waals surface area contributed by atoms with Gasteiger partial charge in [0.2, 0.25) is 5.91 Å². The summed E-state index contributed by atoms with van der Waals surface area (Å²) in [6.45, 7) is 6.62. The summed E-state index contributed by atoms with van der Waals surface area (Å²) >= 11 is 6.66. The van der Waals surface area contributed by atoms with Gasteiger partial charge in [0, 0.05) is 16.3 Å². The van der Waals surface area contributed by atoms with Crippen LogP contribution in [0.1, 0.15) is 22.4 Å². The first-order valence-corrected chi connectivity index (χ1v) is 8.98. The van der Waals surface area contributed by atoms with Gasteiger partial charge in [-0.1, -0.05) is 0 Å². The van der Waals surface area contributed by atoms with Gasteiger partial charge in [0.15, 0.2) is 5.13 Å². The molecule has 0 spiro atoms. The minimum Gasteiger partial charge on any atom is -0.301 e. The lowest BCUT2D eigenvalue weighted by molar-refractivity contribution is -0.120. The van der Waals surface area contributed by atoms with Crippen molar-refractivity contribution >= 4 is 49.6 Å². The number of rotatable bonds is 5. The van der Waals surface area contributed by atoms with Crippen LogP contribution in [0.3, 0.4) is 0 Å². The Kier molecular flexibility index (Phi) is 5.54. The molecule has 0 radical (unpaired) electrons. The summed E-state index contributed by atoms with van der Waals surface area (Å²) in [4.78, 5) is 21.0. The molecule has 114 valence electrons. The van der Waals surface area contributed by atoms with Crippen LogP contribution in [0.4, 0.5) is 5.13 Å². The number of aromatic nitrogens is 1. The van der Waals surface area contributed by atoms with Gasteiger partial charge in [-0.2, -0.15) is 0 Å². The number of aryl methyl sites for hydroxylation is 2. The van der Waals surface area contributed by atoms with E-state index in [9.17, 15) is 4.79 Å². The lowest BCUT2D eigenvalue weighted by Gasteiger charge is -2.22.